The van der Waals surface area contributed by atoms with E-state index in [-0.39, 0.29) is 11.9 Å². The molecule has 3 N–H and O–H groups in total. The van der Waals surface area contributed by atoms with Crippen LogP contribution in [0.15, 0.2) is 18.2 Å². The van der Waals surface area contributed by atoms with Gasteiger partial charge in [0.2, 0.25) is 0 Å². The second-order valence-corrected chi connectivity index (χ2v) is 5.13. The predicted molar refractivity (Wildman–Crippen MR) is 69.9 cm³/mol. The van der Waals surface area contributed by atoms with Gasteiger partial charge in [-0.3, -0.25) is 4.79 Å². The molecule has 0 spiro atoms. The van der Waals surface area contributed by atoms with Gasteiger partial charge in [0.05, 0.1) is 0 Å². The van der Waals surface area contributed by atoms with Crippen molar-refractivity contribution in [2.75, 3.05) is 5.73 Å². The van der Waals surface area contributed by atoms with Gasteiger partial charge < -0.3 is 11.1 Å². The minimum atomic E-state index is 0.00986. The van der Waals surface area contributed by atoms with Crippen molar-refractivity contribution >= 4 is 11.6 Å². The smallest absolute Gasteiger partial charge is 0.251 e. The van der Waals surface area contributed by atoms with Crippen LogP contribution < -0.4 is 11.1 Å². The van der Waals surface area contributed by atoms with Crippen LogP contribution in [-0.2, 0) is 0 Å². The number of carbonyl (C=O) groups excluding carboxylic acids is 1. The van der Waals surface area contributed by atoms with Crippen LogP contribution >= 0.6 is 0 Å². The lowest BCUT2D eigenvalue weighted by molar-refractivity contribution is 0.0937. The van der Waals surface area contributed by atoms with E-state index in [9.17, 15) is 4.79 Å². The highest BCUT2D eigenvalue weighted by molar-refractivity contribution is 5.96. The van der Waals surface area contributed by atoms with Crippen molar-refractivity contribution in [1.82, 2.24) is 5.32 Å². The van der Waals surface area contributed by atoms with E-state index in [1.165, 1.54) is 12.8 Å². The Hall–Kier alpha value is -1.51. The van der Waals surface area contributed by atoms with Crippen LogP contribution in [0, 0.1) is 12.8 Å². The number of benzene rings is 1. The highest BCUT2D eigenvalue weighted by Crippen LogP contribution is 2.33. The Balaban J connectivity index is 1.98. The molecule has 1 saturated carbocycles. The maximum absolute atomic E-state index is 12.0. The first-order valence-corrected chi connectivity index (χ1v) is 6.23. The molecule has 17 heavy (non-hydrogen) atoms. The minimum Gasteiger partial charge on any atom is -0.399 e. The van der Waals surface area contributed by atoms with Gasteiger partial charge in [-0.1, -0.05) is 12.8 Å². The second kappa shape index (κ2) is 4.78. The second-order valence-electron chi connectivity index (χ2n) is 5.13. The molecular formula is C14H20N2O. The first-order valence-electron chi connectivity index (χ1n) is 6.23. The van der Waals surface area contributed by atoms with Crippen LogP contribution in [0.2, 0.25) is 0 Å². The molecule has 3 nitrogen and oxygen atoms in total. The van der Waals surface area contributed by atoms with Gasteiger partial charge in [-0.2, -0.15) is 0 Å². The van der Waals surface area contributed by atoms with Crippen LogP contribution in [-0.4, -0.2) is 11.9 Å². The largest absolute Gasteiger partial charge is 0.399 e. The fraction of sp³-hybridized carbons (Fsp3) is 0.500. The fourth-order valence-corrected chi connectivity index (χ4v) is 2.16. The van der Waals surface area contributed by atoms with Crippen molar-refractivity contribution < 1.29 is 4.79 Å². The molecule has 92 valence electrons. The number of nitrogens with two attached hydrogens (primary N) is 1. The average Bonchev–Trinajstić information content (AvgIpc) is 3.00. The Bertz CT molecular complexity index is 424. The lowest BCUT2D eigenvalue weighted by Gasteiger charge is -2.14. The molecule has 1 aliphatic carbocycles. The summed E-state index contributed by atoms with van der Waals surface area (Å²) in [5, 5.41) is 3.05. The van der Waals surface area contributed by atoms with Gasteiger partial charge in [-0.15, -0.1) is 0 Å². The SMILES string of the molecule is Cc1cc(N)ccc1C(=O)NC(C)CC1CC1. The highest BCUT2D eigenvalue weighted by Gasteiger charge is 2.24. The number of aryl methyl sites for hydroxylation is 1. The molecule has 0 aromatic heterocycles. The van der Waals surface area contributed by atoms with Gasteiger partial charge in [0, 0.05) is 17.3 Å². The zero-order valence-electron chi connectivity index (χ0n) is 10.5. The van der Waals surface area contributed by atoms with Crippen molar-refractivity contribution in [3.63, 3.8) is 0 Å². The summed E-state index contributed by atoms with van der Waals surface area (Å²) < 4.78 is 0. The normalized spacial score (nSPS) is 16.6. The first-order chi connectivity index (χ1) is 8.06. The Morgan fingerprint density at radius 3 is 2.82 bits per heavy atom. The molecule has 2 rings (SSSR count). The van der Waals surface area contributed by atoms with E-state index in [1.807, 2.05) is 13.0 Å². The van der Waals surface area contributed by atoms with Crippen molar-refractivity contribution in [3.05, 3.63) is 29.3 Å². The van der Waals surface area contributed by atoms with Gasteiger partial charge >= 0.3 is 0 Å². The number of rotatable bonds is 4. The summed E-state index contributed by atoms with van der Waals surface area (Å²) in [7, 11) is 0. The molecule has 0 saturated heterocycles. The first kappa shape index (κ1) is 12.0. The number of nitrogen functional groups attached to an aromatic ring is 1. The van der Waals surface area contributed by atoms with Crippen LogP contribution in [0.1, 0.15) is 42.1 Å². The molecule has 0 radical (unpaired) electrons. The number of nitrogens with one attached hydrogen (secondary N) is 1. The van der Waals surface area contributed by atoms with E-state index in [2.05, 4.69) is 12.2 Å². The third kappa shape index (κ3) is 3.22. The Labute approximate surface area is 102 Å². The number of carbonyl (C=O) groups is 1. The third-order valence-corrected chi connectivity index (χ3v) is 3.26. The average molecular weight is 232 g/mol. The molecule has 1 aromatic carbocycles. The lowest BCUT2D eigenvalue weighted by Crippen LogP contribution is -2.33. The van der Waals surface area contributed by atoms with Crippen molar-refractivity contribution in [2.24, 2.45) is 5.92 Å². The summed E-state index contributed by atoms with van der Waals surface area (Å²) in [6.07, 6.45) is 3.74. The van der Waals surface area contributed by atoms with Crippen LogP contribution in [0.5, 0.6) is 0 Å². The van der Waals surface area contributed by atoms with E-state index < -0.39 is 0 Å². The van der Waals surface area contributed by atoms with Crippen LogP contribution in [0.3, 0.4) is 0 Å². The molecule has 1 fully saturated rings. The molecule has 1 unspecified atom stereocenters. The molecule has 0 aliphatic heterocycles. The fourth-order valence-electron chi connectivity index (χ4n) is 2.16. The number of amides is 1. The maximum Gasteiger partial charge on any atom is 0.251 e. The molecule has 1 atom stereocenters. The summed E-state index contributed by atoms with van der Waals surface area (Å²) in [4.78, 5) is 12.0. The number of hydrogen-bond acceptors (Lipinski definition) is 2. The predicted octanol–water partition coefficient (Wildman–Crippen LogP) is 2.50. The zero-order valence-corrected chi connectivity index (χ0v) is 10.5. The lowest BCUT2D eigenvalue weighted by atomic mass is 10.1. The van der Waals surface area contributed by atoms with E-state index in [0.29, 0.717) is 5.69 Å². The number of anilines is 1. The molecule has 1 amide bonds. The van der Waals surface area contributed by atoms with Crippen molar-refractivity contribution in [3.8, 4) is 0 Å². The third-order valence-electron chi connectivity index (χ3n) is 3.26. The van der Waals surface area contributed by atoms with E-state index in [0.717, 1.165) is 23.5 Å². The van der Waals surface area contributed by atoms with Gasteiger partial charge in [-0.25, -0.2) is 0 Å². The molecule has 3 heteroatoms. The van der Waals surface area contributed by atoms with Crippen LogP contribution in [0.4, 0.5) is 5.69 Å². The quantitative estimate of drug-likeness (QED) is 0.784. The summed E-state index contributed by atoms with van der Waals surface area (Å²) in [5.41, 5.74) is 8.03. The number of hydrogen-bond donors (Lipinski definition) is 2. The van der Waals surface area contributed by atoms with Crippen LogP contribution in [0.25, 0.3) is 0 Å². The van der Waals surface area contributed by atoms with E-state index in [1.54, 1.807) is 12.1 Å². The van der Waals surface area contributed by atoms with Gasteiger partial charge in [-0.05, 0) is 49.9 Å². The molecule has 0 bridgehead atoms. The summed E-state index contributed by atoms with van der Waals surface area (Å²) in [5.74, 6) is 0.841. The van der Waals surface area contributed by atoms with Crippen molar-refractivity contribution in [2.45, 2.75) is 39.2 Å². The monoisotopic (exact) mass is 232 g/mol. The molecule has 1 aliphatic rings. The zero-order chi connectivity index (χ0) is 12.4. The molecule has 0 heterocycles. The van der Waals surface area contributed by atoms with E-state index in [4.69, 9.17) is 5.73 Å². The van der Waals surface area contributed by atoms with E-state index >= 15 is 0 Å². The summed E-state index contributed by atoms with van der Waals surface area (Å²) in [6, 6.07) is 5.66. The van der Waals surface area contributed by atoms with Gasteiger partial charge in [0.1, 0.15) is 0 Å². The molecular weight excluding hydrogens is 212 g/mol. The Kier molecular flexibility index (Phi) is 3.36. The summed E-state index contributed by atoms with van der Waals surface area (Å²) in [6.45, 7) is 3.99. The highest BCUT2D eigenvalue weighted by atomic mass is 16.1. The van der Waals surface area contributed by atoms with Crippen molar-refractivity contribution in [1.29, 1.82) is 0 Å². The summed E-state index contributed by atoms with van der Waals surface area (Å²) >= 11 is 0. The maximum atomic E-state index is 12.0. The van der Waals surface area contributed by atoms with Gasteiger partial charge in [0.25, 0.3) is 5.91 Å². The Morgan fingerprint density at radius 1 is 1.53 bits per heavy atom. The molecule has 1 aromatic rings. The van der Waals surface area contributed by atoms with Gasteiger partial charge in [0.15, 0.2) is 0 Å². The topological polar surface area (TPSA) is 55.1 Å². The standard InChI is InChI=1S/C14H20N2O/c1-9-7-12(15)5-6-13(9)14(17)16-10(2)8-11-3-4-11/h5-7,10-11H,3-4,8,15H2,1-2H3,(H,16,17). The Morgan fingerprint density at radius 2 is 2.24 bits per heavy atom. The minimum absolute atomic E-state index is 0.00986.